The molecule has 3 aromatic rings. The smallest absolute Gasteiger partial charge is 0.255 e. The van der Waals surface area contributed by atoms with Crippen LogP contribution in [0.15, 0.2) is 61.2 Å². The number of nitrogen functional groups attached to an aromatic ring is 1. The minimum atomic E-state index is -0.549. The minimum absolute atomic E-state index is 0.215. The highest BCUT2D eigenvalue weighted by Crippen LogP contribution is 2.25. The molecule has 0 radical (unpaired) electrons. The van der Waals surface area contributed by atoms with Crippen molar-refractivity contribution in [2.24, 2.45) is 0 Å². The lowest BCUT2D eigenvalue weighted by atomic mass is 10.2. The van der Waals surface area contributed by atoms with E-state index in [0.717, 1.165) is 0 Å². The lowest BCUT2D eigenvalue weighted by Crippen LogP contribution is -2.12. The second-order valence-corrected chi connectivity index (χ2v) is 4.93. The van der Waals surface area contributed by atoms with Crippen LogP contribution in [0.5, 0.6) is 11.5 Å². The first-order valence-corrected chi connectivity index (χ1v) is 7.00. The largest absolute Gasteiger partial charge is 0.454 e. The zero-order valence-electron chi connectivity index (χ0n) is 12.4. The van der Waals surface area contributed by atoms with Gasteiger partial charge in [-0.3, -0.25) is 4.79 Å². The molecule has 2 aromatic carbocycles. The third-order valence-electron chi connectivity index (χ3n) is 3.05. The number of halogens is 1. The van der Waals surface area contributed by atoms with Crippen molar-refractivity contribution in [2.45, 2.75) is 0 Å². The molecule has 3 N–H and O–H groups in total. The summed E-state index contributed by atoms with van der Waals surface area (Å²) in [5, 5.41) is 2.61. The van der Waals surface area contributed by atoms with Gasteiger partial charge in [-0.15, -0.1) is 0 Å². The van der Waals surface area contributed by atoms with Crippen LogP contribution in [0.3, 0.4) is 0 Å². The molecule has 1 amide bonds. The molecular weight excluding hydrogens is 311 g/mol. The summed E-state index contributed by atoms with van der Waals surface area (Å²) in [5.74, 6) is -0.377. The molecule has 0 bridgehead atoms. The maximum atomic E-state index is 13.8. The summed E-state index contributed by atoms with van der Waals surface area (Å²) < 4.78 is 19.2. The second-order valence-electron chi connectivity index (χ2n) is 4.93. The Morgan fingerprint density at radius 3 is 2.62 bits per heavy atom. The third kappa shape index (κ3) is 3.83. The molecule has 6 nitrogen and oxygen atoms in total. The molecule has 0 aliphatic carbocycles. The van der Waals surface area contributed by atoms with Crippen LogP contribution in [0.25, 0.3) is 0 Å². The van der Waals surface area contributed by atoms with E-state index in [-0.39, 0.29) is 11.4 Å². The summed E-state index contributed by atoms with van der Waals surface area (Å²) in [6, 6.07) is 10.4. The van der Waals surface area contributed by atoms with Gasteiger partial charge in [0.15, 0.2) is 5.75 Å². The Labute approximate surface area is 137 Å². The van der Waals surface area contributed by atoms with E-state index in [2.05, 4.69) is 15.3 Å². The molecule has 0 aliphatic rings. The van der Waals surface area contributed by atoms with Gasteiger partial charge in [0.2, 0.25) is 0 Å². The Kier molecular flexibility index (Phi) is 4.33. The molecule has 3 rings (SSSR count). The Morgan fingerprint density at radius 1 is 1.08 bits per heavy atom. The number of nitrogens with one attached hydrogen (secondary N) is 1. The van der Waals surface area contributed by atoms with Crippen LogP contribution in [0.4, 0.5) is 15.8 Å². The summed E-state index contributed by atoms with van der Waals surface area (Å²) in [6.45, 7) is 0. The molecule has 7 heteroatoms. The summed E-state index contributed by atoms with van der Waals surface area (Å²) in [5.41, 5.74) is 6.75. The normalized spacial score (nSPS) is 10.2. The van der Waals surface area contributed by atoms with Gasteiger partial charge in [-0.1, -0.05) is 6.07 Å². The number of rotatable bonds is 4. The van der Waals surface area contributed by atoms with Gasteiger partial charge < -0.3 is 15.8 Å². The van der Waals surface area contributed by atoms with Crippen LogP contribution < -0.4 is 15.8 Å². The van der Waals surface area contributed by atoms with Gasteiger partial charge in [0, 0.05) is 29.1 Å². The van der Waals surface area contributed by atoms with Crippen molar-refractivity contribution in [3.63, 3.8) is 0 Å². The molecule has 0 spiro atoms. The van der Waals surface area contributed by atoms with Crippen LogP contribution in [0, 0.1) is 5.82 Å². The highest BCUT2D eigenvalue weighted by molar-refractivity contribution is 6.04. The molecule has 0 unspecified atom stereocenters. The first-order valence-electron chi connectivity index (χ1n) is 7.00. The SMILES string of the molecule is Nc1cccc(C(=O)Nc2cc(F)cc(Oc3cncnc3)c2)c1. The molecule has 120 valence electrons. The molecule has 24 heavy (non-hydrogen) atoms. The van der Waals surface area contributed by atoms with Gasteiger partial charge in [-0.05, 0) is 24.3 Å². The molecule has 0 saturated heterocycles. The van der Waals surface area contributed by atoms with Gasteiger partial charge in [-0.25, -0.2) is 14.4 Å². The molecular formula is C17H13FN4O2. The van der Waals surface area contributed by atoms with Crippen molar-refractivity contribution in [1.29, 1.82) is 0 Å². The predicted molar refractivity (Wildman–Crippen MR) is 87.3 cm³/mol. The zero-order chi connectivity index (χ0) is 16.9. The molecule has 1 heterocycles. The number of hydrogen-bond donors (Lipinski definition) is 2. The average Bonchev–Trinajstić information content (AvgIpc) is 2.55. The summed E-state index contributed by atoms with van der Waals surface area (Å²) in [6.07, 6.45) is 4.25. The van der Waals surface area contributed by atoms with Crippen LogP contribution >= 0.6 is 0 Å². The quantitative estimate of drug-likeness (QED) is 0.719. The number of carbonyl (C=O) groups is 1. The highest BCUT2D eigenvalue weighted by atomic mass is 19.1. The van der Waals surface area contributed by atoms with Crippen LogP contribution in [-0.4, -0.2) is 15.9 Å². The number of nitrogens with zero attached hydrogens (tertiary/aromatic N) is 2. The molecule has 1 aromatic heterocycles. The number of ether oxygens (including phenoxy) is 1. The fourth-order valence-corrected chi connectivity index (χ4v) is 2.05. The van der Waals surface area contributed by atoms with Crippen molar-refractivity contribution >= 4 is 17.3 Å². The topological polar surface area (TPSA) is 90.1 Å². The fraction of sp³-hybridized carbons (Fsp3) is 0. The number of carbonyl (C=O) groups excluding carboxylic acids is 1. The Morgan fingerprint density at radius 2 is 1.88 bits per heavy atom. The standard InChI is InChI=1S/C17H13FN4O2/c18-12-5-14(22-17(23)11-2-1-3-13(19)4-11)7-15(6-12)24-16-8-20-10-21-9-16/h1-10H,19H2,(H,22,23). The van der Waals surface area contributed by atoms with Gasteiger partial charge in [-0.2, -0.15) is 0 Å². The molecule has 0 fully saturated rings. The molecule has 0 aliphatic heterocycles. The zero-order valence-corrected chi connectivity index (χ0v) is 12.4. The number of nitrogens with two attached hydrogens (primary N) is 1. The van der Waals surface area contributed by atoms with Crippen LogP contribution in [0.2, 0.25) is 0 Å². The van der Waals surface area contributed by atoms with Crippen LogP contribution in [-0.2, 0) is 0 Å². The van der Waals surface area contributed by atoms with Gasteiger partial charge >= 0.3 is 0 Å². The Balaban J connectivity index is 1.80. The summed E-state index contributed by atoms with van der Waals surface area (Å²) in [4.78, 5) is 19.8. The van der Waals surface area contributed by atoms with Gasteiger partial charge in [0.1, 0.15) is 17.9 Å². The second kappa shape index (κ2) is 6.74. The van der Waals surface area contributed by atoms with Gasteiger partial charge in [0.25, 0.3) is 5.91 Å². The lowest BCUT2D eigenvalue weighted by Gasteiger charge is -2.09. The molecule has 0 saturated carbocycles. The highest BCUT2D eigenvalue weighted by Gasteiger charge is 2.09. The van der Waals surface area contributed by atoms with E-state index in [9.17, 15) is 9.18 Å². The first kappa shape index (κ1) is 15.4. The number of aromatic nitrogens is 2. The maximum Gasteiger partial charge on any atom is 0.255 e. The maximum absolute atomic E-state index is 13.8. The Hall–Kier alpha value is -3.48. The van der Waals surface area contributed by atoms with E-state index in [0.29, 0.717) is 17.0 Å². The lowest BCUT2D eigenvalue weighted by molar-refractivity contribution is 0.102. The monoisotopic (exact) mass is 324 g/mol. The van der Waals surface area contributed by atoms with E-state index >= 15 is 0 Å². The summed E-state index contributed by atoms with van der Waals surface area (Å²) in [7, 11) is 0. The van der Waals surface area contributed by atoms with E-state index < -0.39 is 11.7 Å². The van der Waals surface area contributed by atoms with E-state index in [4.69, 9.17) is 10.5 Å². The van der Waals surface area contributed by atoms with Crippen molar-refractivity contribution < 1.29 is 13.9 Å². The van der Waals surface area contributed by atoms with E-state index in [1.165, 1.54) is 43.0 Å². The predicted octanol–water partition coefficient (Wildman–Crippen LogP) is 3.24. The number of benzene rings is 2. The Bertz CT molecular complexity index is 871. The average molecular weight is 324 g/mol. The minimum Gasteiger partial charge on any atom is -0.454 e. The first-order chi connectivity index (χ1) is 11.6. The van der Waals surface area contributed by atoms with E-state index in [1.54, 1.807) is 18.2 Å². The number of hydrogen-bond acceptors (Lipinski definition) is 5. The number of amides is 1. The van der Waals surface area contributed by atoms with Crippen molar-refractivity contribution in [3.8, 4) is 11.5 Å². The molecule has 0 atom stereocenters. The van der Waals surface area contributed by atoms with Gasteiger partial charge in [0.05, 0.1) is 12.4 Å². The number of anilines is 2. The third-order valence-corrected chi connectivity index (χ3v) is 3.05. The van der Waals surface area contributed by atoms with Crippen LogP contribution in [0.1, 0.15) is 10.4 Å². The van der Waals surface area contributed by atoms with Crippen molar-refractivity contribution in [3.05, 3.63) is 72.6 Å². The fourth-order valence-electron chi connectivity index (χ4n) is 2.05. The van der Waals surface area contributed by atoms with E-state index in [1.807, 2.05) is 0 Å². The summed E-state index contributed by atoms with van der Waals surface area (Å²) >= 11 is 0. The van der Waals surface area contributed by atoms with Crippen molar-refractivity contribution in [1.82, 2.24) is 9.97 Å². The van der Waals surface area contributed by atoms with Crippen molar-refractivity contribution in [2.75, 3.05) is 11.1 Å².